The summed E-state index contributed by atoms with van der Waals surface area (Å²) >= 11 is 0. The van der Waals surface area contributed by atoms with Crippen LogP contribution in [-0.2, 0) is 22.6 Å². The molecular formula is C16H22N2O3. The second-order valence-corrected chi connectivity index (χ2v) is 5.08. The molecule has 0 unspecified atom stereocenters. The Morgan fingerprint density at radius 1 is 1.10 bits per heavy atom. The Bertz CT molecular complexity index is 670. The normalized spacial score (nSPS) is 11.0. The molecule has 2 aromatic rings. The molecule has 0 aliphatic rings. The van der Waals surface area contributed by atoms with E-state index in [-0.39, 0.29) is 18.2 Å². The average Bonchev–Trinajstić information content (AvgIpc) is 2.74. The summed E-state index contributed by atoms with van der Waals surface area (Å²) in [5.74, 6) is -0.357. The minimum absolute atomic E-state index is 0.0280. The van der Waals surface area contributed by atoms with E-state index in [9.17, 15) is 9.59 Å². The molecule has 1 aromatic carbocycles. The van der Waals surface area contributed by atoms with E-state index < -0.39 is 0 Å². The van der Waals surface area contributed by atoms with Crippen LogP contribution in [0.2, 0.25) is 0 Å². The number of hydrogen-bond acceptors (Lipinski definition) is 3. The maximum absolute atomic E-state index is 12.5. The minimum Gasteiger partial charge on any atom is -0.464 e. The number of ether oxygens (including phenoxy) is 1. The first-order chi connectivity index (χ1) is 10.2. The van der Waals surface area contributed by atoms with Gasteiger partial charge in [0.25, 0.3) is 0 Å². The number of aryl methyl sites for hydroxylation is 1. The van der Waals surface area contributed by atoms with E-state index >= 15 is 0 Å². The summed E-state index contributed by atoms with van der Waals surface area (Å²) in [5, 5.41) is 0. The molecule has 0 radical (unpaired) electrons. The lowest BCUT2D eigenvalue weighted by Gasteiger charge is -2.04. The minimum atomic E-state index is -0.357. The number of carbonyl (C=O) groups is 1. The lowest BCUT2D eigenvalue weighted by molar-refractivity contribution is -0.144. The van der Waals surface area contributed by atoms with Gasteiger partial charge < -0.3 is 4.74 Å². The first-order valence-electron chi connectivity index (χ1n) is 7.52. The van der Waals surface area contributed by atoms with Crippen LogP contribution in [0.1, 0.15) is 33.1 Å². The Balaban J connectivity index is 2.29. The van der Waals surface area contributed by atoms with E-state index in [1.165, 1.54) is 4.57 Å². The molecule has 0 fully saturated rings. The molecule has 0 N–H and O–H groups in total. The summed E-state index contributed by atoms with van der Waals surface area (Å²) in [7, 11) is 0. The molecule has 1 aromatic heterocycles. The zero-order valence-electron chi connectivity index (χ0n) is 12.7. The predicted molar refractivity (Wildman–Crippen MR) is 82.4 cm³/mol. The first kappa shape index (κ1) is 15.4. The van der Waals surface area contributed by atoms with Gasteiger partial charge in [0.15, 0.2) is 0 Å². The number of esters is 1. The summed E-state index contributed by atoms with van der Waals surface area (Å²) < 4.78 is 8.37. The predicted octanol–water partition coefficient (Wildman–Crippen LogP) is 2.56. The van der Waals surface area contributed by atoms with Crippen molar-refractivity contribution in [2.45, 2.75) is 46.2 Å². The number of rotatable bonds is 7. The van der Waals surface area contributed by atoms with E-state index in [1.54, 1.807) is 4.57 Å². The molecule has 0 spiro atoms. The molecule has 21 heavy (non-hydrogen) atoms. The highest BCUT2D eigenvalue weighted by Gasteiger charge is 2.15. The Labute approximate surface area is 124 Å². The van der Waals surface area contributed by atoms with Gasteiger partial charge in [0.05, 0.1) is 17.6 Å². The summed E-state index contributed by atoms with van der Waals surface area (Å²) in [6.07, 6.45) is 2.69. The highest BCUT2D eigenvalue weighted by molar-refractivity contribution is 5.78. The van der Waals surface area contributed by atoms with Crippen LogP contribution in [0.4, 0.5) is 0 Å². The zero-order valence-corrected chi connectivity index (χ0v) is 12.7. The number of unbranched alkanes of at least 4 members (excludes halogenated alkanes) is 1. The molecule has 0 aliphatic carbocycles. The molecular weight excluding hydrogens is 268 g/mol. The standard InChI is InChI=1S/C16H22N2O3/c1-3-5-11-21-15(19)12-18-14-9-7-6-8-13(14)17(10-4-2)16(18)20/h6-9H,3-5,10-12H2,1-2H3. The Kier molecular flexibility index (Phi) is 5.20. The van der Waals surface area contributed by atoms with Gasteiger partial charge in [0.2, 0.25) is 0 Å². The van der Waals surface area contributed by atoms with Gasteiger partial charge in [0, 0.05) is 6.54 Å². The third-order valence-electron chi connectivity index (χ3n) is 3.42. The van der Waals surface area contributed by atoms with Crippen molar-refractivity contribution >= 4 is 17.0 Å². The van der Waals surface area contributed by atoms with E-state index in [2.05, 4.69) is 0 Å². The molecule has 0 bridgehead atoms. The molecule has 2 rings (SSSR count). The Morgan fingerprint density at radius 3 is 2.38 bits per heavy atom. The topological polar surface area (TPSA) is 53.2 Å². The SMILES string of the molecule is CCCCOC(=O)Cn1c(=O)n(CCC)c2ccccc21. The van der Waals surface area contributed by atoms with Crippen molar-refractivity contribution in [1.29, 1.82) is 0 Å². The van der Waals surface area contributed by atoms with Crippen LogP contribution in [0.3, 0.4) is 0 Å². The number of imidazole rings is 1. The number of fused-ring (bicyclic) bond motifs is 1. The largest absolute Gasteiger partial charge is 0.464 e. The van der Waals surface area contributed by atoms with Crippen LogP contribution in [-0.4, -0.2) is 21.7 Å². The second kappa shape index (κ2) is 7.11. The van der Waals surface area contributed by atoms with Crippen molar-refractivity contribution in [2.75, 3.05) is 6.61 Å². The van der Waals surface area contributed by atoms with Crippen molar-refractivity contribution in [3.63, 3.8) is 0 Å². The van der Waals surface area contributed by atoms with Crippen LogP contribution in [0.25, 0.3) is 11.0 Å². The Morgan fingerprint density at radius 2 is 1.76 bits per heavy atom. The zero-order chi connectivity index (χ0) is 15.2. The van der Waals surface area contributed by atoms with Crippen LogP contribution in [0.15, 0.2) is 29.1 Å². The van der Waals surface area contributed by atoms with Crippen molar-refractivity contribution in [3.8, 4) is 0 Å². The van der Waals surface area contributed by atoms with Crippen LogP contribution < -0.4 is 5.69 Å². The molecule has 0 atom stereocenters. The molecule has 114 valence electrons. The van der Waals surface area contributed by atoms with Gasteiger partial charge >= 0.3 is 11.7 Å². The third-order valence-corrected chi connectivity index (χ3v) is 3.42. The van der Waals surface area contributed by atoms with Gasteiger partial charge in [-0.2, -0.15) is 0 Å². The second-order valence-electron chi connectivity index (χ2n) is 5.08. The third kappa shape index (κ3) is 3.35. The van der Waals surface area contributed by atoms with Crippen molar-refractivity contribution in [2.24, 2.45) is 0 Å². The lowest BCUT2D eigenvalue weighted by Crippen LogP contribution is -2.28. The highest BCUT2D eigenvalue weighted by Crippen LogP contribution is 2.13. The molecule has 5 nitrogen and oxygen atoms in total. The van der Waals surface area contributed by atoms with Crippen molar-refractivity contribution in [1.82, 2.24) is 9.13 Å². The fourth-order valence-electron chi connectivity index (χ4n) is 2.37. The summed E-state index contributed by atoms with van der Waals surface area (Å²) in [4.78, 5) is 24.3. The summed E-state index contributed by atoms with van der Waals surface area (Å²) in [6.45, 7) is 5.10. The van der Waals surface area contributed by atoms with Gasteiger partial charge in [-0.05, 0) is 25.0 Å². The van der Waals surface area contributed by atoms with Crippen molar-refractivity contribution in [3.05, 3.63) is 34.7 Å². The number of nitrogens with zero attached hydrogens (tertiary/aromatic N) is 2. The number of hydrogen-bond donors (Lipinski definition) is 0. The van der Waals surface area contributed by atoms with Gasteiger partial charge in [0.1, 0.15) is 6.54 Å². The van der Waals surface area contributed by atoms with E-state index in [4.69, 9.17) is 4.74 Å². The average molecular weight is 290 g/mol. The summed E-state index contributed by atoms with van der Waals surface area (Å²) in [6, 6.07) is 7.54. The van der Waals surface area contributed by atoms with E-state index in [0.717, 1.165) is 30.3 Å². The number of para-hydroxylation sites is 2. The van der Waals surface area contributed by atoms with Gasteiger partial charge in [-0.1, -0.05) is 32.4 Å². The fourth-order valence-corrected chi connectivity index (χ4v) is 2.37. The molecule has 0 saturated carbocycles. The fraction of sp³-hybridized carbons (Fsp3) is 0.500. The molecule has 1 heterocycles. The van der Waals surface area contributed by atoms with Crippen LogP contribution in [0, 0.1) is 0 Å². The Hall–Kier alpha value is -2.04. The van der Waals surface area contributed by atoms with Gasteiger partial charge in [-0.3, -0.25) is 13.9 Å². The molecule has 0 amide bonds. The molecule has 0 aliphatic heterocycles. The first-order valence-corrected chi connectivity index (χ1v) is 7.52. The maximum Gasteiger partial charge on any atom is 0.329 e. The number of benzene rings is 1. The van der Waals surface area contributed by atoms with Gasteiger partial charge in [-0.15, -0.1) is 0 Å². The summed E-state index contributed by atoms with van der Waals surface area (Å²) in [5.41, 5.74) is 1.50. The maximum atomic E-state index is 12.5. The molecule has 5 heteroatoms. The quantitative estimate of drug-likeness (QED) is 0.581. The van der Waals surface area contributed by atoms with Crippen LogP contribution >= 0.6 is 0 Å². The monoisotopic (exact) mass is 290 g/mol. The lowest BCUT2D eigenvalue weighted by atomic mass is 10.3. The number of aromatic nitrogens is 2. The van der Waals surface area contributed by atoms with Crippen LogP contribution in [0.5, 0.6) is 0 Å². The highest BCUT2D eigenvalue weighted by atomic mass is 16.5. The van der Waals surface area contributed by atoms with E-state index in [0.29, 0.717) is 13.2 Å². The van der Waals surface area contributed by atoms with Gasteiger partial charge in [-0.25, -0.2) is 4.79 Å². The molecule has 0 saturated heterocycles. The smallest absolute Gasteiger partial charge is 0.329 e. The van der Waals surface area contributed by atoms with Crippen molar-refractivity contribution < 1.29 is 9.53 Å². The van der Waals surface area contributed by atoms with E-state index in [1.807, 2.05) is 38.1 Å². The number of carbonyl (C=O) groups excluding carboxylic acids is 1.